The highest BCUT2D eigenvalue weighted by molar-refractivity contribution is 5.89. The average Bonchev–Trinajstić information content (AvgIpc) is 2.64. The van der Waals surface area contributed by atoms with E-state index in [0.717, 1.165) is 0 Å². The Morgan fingerprint density at radius 3 is 2.50 bits per heavy atom. The number of pyridine rings is 1. The van der Waals surface area contributed by atoms with Crippen molar-refractivity contribution in [2.24, 2.45) is 0 Å². The second-order valence-electron chi connectivity index (χ2n) is 4.99. The molecule has 6 nitrogen and oxygen atoms in total. The second kappa shape index (κ2) is 9.29. The summed E-state index contributed by atoms with van der Waals surface area (Å²) < 4.78 is 10.7. The van der Waals surface area contributed by atoms with Gasteiger partial charge >= 0.3 is 5.97 Å². The molecule has 0 radical (unpaired) electrons. The number of amides is 1. The Bertz CT molecular complexity index is 647. The molecule has 1 amide bonds. The molecule has 1 atom stereocenters. The highest BCUT2D eigenvalue weighted by Gasteiger charge is 2.17. The number of esters is 1. The largest absolute Gasteiger partial charge is 0.481 e. The fourth-order valence-corrected chi connectivity index (χ4v) is 1.99. The van der Waals surface area contributed by atoms with Crippen LogP contribution in [-0.2, 0) is 9.53 Å². The number of hydrogen-bond acceptors (Lipinski definition) is 5. The number of hydrogen-bond donors (Lipinski definition) is 1. The lowest BCUT2D eigenvalue weighted by Crippen LogP contribution is -2.39. The molecule has 2 rings (SSSR count). The Balaban J connectivity index is 1.72. The molecule has 0 saturated carbocycles. The lowest BCUT2D eigenvalue weighted by atomic mass is 10.2. The predicted octanol–water partition coefficient (Wildman–Crippen LogP) is 2.21. The lowest BCUT2D eigenvalue weighted by molar-refractivity contribution is -0.128. The molecule has 1 aromatic carbocycles. The first-order valence-corrected chi connectivity index (χ1v) is 7.77. The van der Waals surface area contributed by atoms with Crippen LogP contribution in [0, 0.1) is 0 Å². The molecule has 6 heteroatoms. The minimum absolute atomic E-state index is 0.0919. The average molecular weight is 328 g/mol. The molecule has 24 heavy (non-hydrogen) atoms. The molecule has 126 valence electrons. The Morgan fingerprint density at radius 1 is 1.12 bits per heavy atom. The number of para-hydroxylation sites is 1. The summed E-state index contributed by atoms with van der Waals surface area (Å²) in [7, 11) is 0. The van der Waals surface area contributed by atoms with Gasteiger partial charge in [-0.05, 0) is 30.7 Å². The van der Waals surface area contributed by atoms with Crippen molar-refractivity contribution >= 4 is 11.9 Å². The van der Waals surface area contributed by atoms with Gasteiger partial charge in [-0.15, -0.1) is 0 Å². The van der Waals surface area contributed by atoms with E-state index >= 15 is 0 Å². The van der Waals surface area contributed by atoms with Crippen LogP contribution in [0.2, 0.25) is 0 Å². The van der Waals surface area contributed by atoms with E-state index < -0.39 is 12.1 Å². The number of carbonyl (C=O) groups is 2. The summed E-state index contributed by atoms with van der Waals surface area (Å²) in [5.41, 5.74) is 0.426. The van der Waals surface area contributed by atoms with Crippen LogP contribution in [-0.4, -0.2) is 36.1 Å². The van der Waals surface area contributed by atoms with Crippen LogP contribution in [0.4, 0.5) is 0 Å². The van der Waals surface area contributed by atoms with Gasteiger partial charge in [0.1, 0.15) is 12.4 Å². The molecule has 0 saturated heterocycles. The molecule has 0 spiro atoms. The molecule has 1 N–H and O–H groups in total. The number of rotatable bonds is 8. The third-order valence-electron chi connectivity index (χ3n) is 3.24. The molecule has 0 aliphatic heterocycles. The summed E-state index contributed by atoms with van der Waals surface area (Å²) in [5.74, 6) is -0.0378. The van der Waals surface area contributed by atoms with Gasteiger partial charge in [-0.2, -0.15) is 0 Å². The van der Waals surface area contributed by atoms with E-state index in [0.29, 0.717) is 17.7 Å². The van der Waals surface area contributed by atoms with Gasteiger partial charge in [0.25, 0.3) is 5.91 Å². The van der Waals surface area contributed by atoms with Gasteiger partial charge in [0.2, 0.25) is 0 Å². The predicted molar refractivity (Wildman–Crippen MR) is 88.7 cm³/mol. The molecule has 0 aliphatic rings. The lowest BCUT2D eigenvalue weighted by Gasteiger charge is -2.17. The van der Waals surface area contributed by atoms with Crippen LogP contribution < -0.4 is 10.1 Å². The summed E-state index contributed by atoms with van der Waals surface area (Å²) in [6, 6.07) is 12.3. The molecule has 0 aliphatic carbocycles. The molecular weight excluding hydrogens is 308 g/mol. The van der Waals surface area contributed by atoms with Crippen molar-refractivity contribution in [3.05, 3.63) is 60.4 Å². The van der Waals surface area contributed by atoms with Crippen molar-refractivity contribution in [1.29, 1.82) is 0 Å². The van der Waals surface area contributed by atoms with Crippen LogP contribution in [0.1, 0.15) is 23.7 Å². The van der Waals surface area contributed by atoms with E-state index in [1.807, 2.05) is 25.1 Å². The van der Waals surface area contributed by atoms with Crippen molar-refractivity contribution in [2.75, 3.05) is 13.2 Å². The van der Waals surface area contributed by atoms with Crippen LogP contribution in [0.25, 0.3) is 0 Å². The van der Waals surface area contributed by atoms with Crippen molar-refractivity contribution < 1.29 is 19.1 Å². The van der Waals surface area contributed by atoms with E-state index in [1.54, 1.807) is 24.3 Å². The van der Waals surface area contributed by atoms with Crippen molar-refractivity contribution in [3.63, 3.8) is 0 Å². The zero-order valence-corrected chi connectivity index (χ0v) is 13.5. The molecule has 0 fully saturated rings. The van der Waals surface area contributed by atoms with Gasteiger partial charge < -0.3 is 14.8 Å². The zero-order chi connectivity index (χ0) is 17.2. The minimum atomic E-state index is -0.580. The minimum Gasteiger partial charge on any atom is -0.481 e. The van der Waals surface area contributed by atoms with E-state index in [2.05, 4.69) is 10.3 Å². The maximum absolute atomic E-state index is 12.1. The Morgan fingerprint density at radius 2 is 1.83 bits per heavy atom. The van der Waals surface area contributed by atoms with E-state index in [9.17, 15) is 9.59 Å². The van der Waals surface area contributed by atoms with Gasteiger partial charge in [0.05, 0.1) is 12.1 Å². The van der Waals surface area contributed by atoms with Gasteiger partial charge in [0, 0.05) is 12.4 Å². The quantitative estimate of drug-likeness (QED) is 0.594. The van der Waals surface area contributed by atoms with E-state index in [1.165, 1.54) is 12.4 Å². The monoisotopic (exact) mass is 328 g/mol. The van der Waals surface area contributed by atoms with Crippen molar-refractivity contribution in [2.45, 2.75) is 19.4 Å². The molecule has 1 heterocycles. The van der Waals surface area contributed by atoms with Gasteiger partial charge in [-0.1, -0.05) is 25.1 Å². The first-order valence-electron chi connectivity index (χ1n) is 7.77. The maximum atomic E-state index is 12.1. The third-order valence-corrected chi connectivity index (χ3v) is 3.24. The van der Waals surface area contributed by atoms with Crippen LogP contribution >= 0.6 is 0 Å². The van der Waals surface area contributed by atoms with Gasteiger partial charge in [0.15, 0.2) is 6.10 Å². The number of nitrogens with one attached hydrogen (secondary N) is 1. The number of nitrogens with zero attached hydrogens (tertiary/aromatic N) is 1. The van der Waals surface area contributed by atoms with Crippen molar-refractivity contribution in [1.82, 2.24) is 10.3 Å². The summed E-state index contributed by atoms with van der Waals surface area (Å²) >= 11 is 0. The number of carbonyl (C=O) groups excluding carboxylic acids is 2. The number of aromatic nitrogens is 1. The Kier molecular flexibility index (Phi) is 6.76. The van der Waals surface area contributed by atoms with E-state index in [4.69, 9.17) is 9.47 Å². The van der Waals surface area contributed by atoms with Crippen LogP contribution in [0.5, 0.6) is 5.75 Å². The molecule has 1 aromatic heterocycles. The topological polar surface area (TPSA) is 77.5 Å². The zero-order valence-electron chi connectivity index (χ0n) is 13.5. The highest BCUT2D eigenvalue weighted by atomic mass is 16.5. The van der Waals surface area contributed by atoms with Crippen molar-refractivity contribution in [3.8, 4) is 5.75 Å². The summed E-state index contributed by atoms with van der Waals surface area (Å²) in [6.07, 6.45) is 3.00. The Hall–Kier alpha value is -2.89. The number of benzene rings is 1. The van der Waals surface area contributed by atoms with Gasteiger partial charge in [-0.25, -0.2) is 4.79 Å². The molecule has 2 aromatic rings. The summed E-state index contributed by atoms with van der Waals surface area (Å²) in [5, 5.41) is 2.71. The normalized spacial score (nSPS) is 11.4. The third kappa shape index (κ3) is 5.39. The summed E-state index contributed by atoms with van der Waals surface area (Å²) in [6.45, 7) is 2.19. The second-order valence-corrected chi connectivity index (χ2v) is 4.99. The Labute approximate surface area is 140 Å². The van der Waals surface area contributed by atoms with Crippen LogP contribution in [0.15, 0.2) is 54.9 Å². The van der Waals surface area contributed by atoms with E-state index in [-0.39, 0.29) is 19.1 Å². The van der Waals surface area contributed by atoms with Gasteiger partial charge in [-0.3, -0.25) is 9.78 Å². The molecule has 0 bridgehead atoms. The first kappa shape index (κ1) is 17.5. The fourth-order valence-electron chi connectivity index (χ4n) is 1.99. The fraction of sp³-hybridized carbons (Fsp3) is 0.278. The SMILES string of the molecule is CCC(Oc1ccccc1)C(=O)NCCOC(=O)c1ccncc1. The van der Waals surface area contributed by atoms with Crippen LogP contribution in [0.3, 0.4) is 0 Å². The maximum Gasteiger partial charge on any atom is 0.338 e. The molecule has 1 unspecified atom stereocenters. The standard InChI is InChI=1S/C18H20N2O4/c1-2-16(24-15-6-4-3-5-7-15)17(21)20-12-13-23-18(22)14-8-10-19-11-9-14/h3-11,16H,2,12-13H2,1H3,(H,20,21). The smallest absolute Gasteiger partial charge is 0.338 e. The number of ether oxygens (including phenoxy) is 2. The summed E-state index contributed by atoms with van der Waals surface area (Å²) in [4.78, 5) is 27.7. The highest BCUT2D eigenvalue weighted by Crippen LogP contribution is 2.12. The molecular formula is C18H20N2O4. The first-order chi connectivity index (χ1) is 11.7.